The van der Waals surface area contributed by atoms with Gasteiger partial charge in [-0.3, -0.25) is 4.79 Å². The summed E-state index contributed by atoms with van der Waals surface area (Å²) in [5.74, 6) is 0.0370. The Balaban J connectivity index is 2.39. The van der Waals surface area contributed by atoms with Crippen LogP contribution in [0.4, 0.5) is 0 Å². The van der Waals surface area contributed by atoms with Gasteiger partial charge in [-0.05, 0) is 30.0 Å². The number of methoxy groups -OCH3 is 1. The third kappa shape index (κ3) is 2.52. The fourth-order valence-electron chi connectivity index (χ4n) is 2.62. The van der Waals surface area contributed by atoms with Crippen molar-refractivity contribution in [2.45, 2.75) is 25.9 Å². The fraction of sp³-hybridized carbons (Fsp3) is 0.278. The lowest BCUT2D eigenvalue weighted by atomic mass is 9.86. The van der Waals surface area contributed by atoms with Gasteiger partial charge >= 0.3 is 0 Å². The van der Waals surface area contributed by atoms with Crippen LogP contribution in [0.15, 0.2) is 54.6 Å². The molecule has 0 saturated heterocycles. The Bertz CT molecular complexity index is 566. The predicted octanol–water partition coefficient (Wildman–Crippen LogP) is 4.19. The molecule has 0 heterocycles. The van der Waals surface area contributed by atoms with Gasteiger partial charge in [-0.1, -0.05) is 61.5 Å². The van der Waals surface area contributed by atoms with Crippen molar-refractivity contribution in [3.05, 3.63) is 60.2 Å². The number of ketones is 1. The summed E-state index contributed by atoms with van der Waals surface area (Å²) in [5, 5.41) is 0. The molecule has 2 aromatic rings. The van der Waals surface area contributed by atoms with Gasteiger partial charge in [0.1, 0.15) is 0 Å². The van der Waals surface area contributed by atoms with Crippen LogP contribution in [0.25, 0.3) is 11.1 Å². The van der Waals surface area contributed by atoms with Crippen LogP contribution in [0.1, 0.15) is 25.8 Å². The molecule has 1 unspecified atom stereocenters. The maximum absolute atomic E-state index is 12.0. The van der Waals surface area contributed by atoms with Crippen LogP contribution in [-0.2, 0) is 15.1 Å². The molecule has 0 bridgehead atoms. The molecule has 1 atom stereocenters. The zero-order chi connectivity index (χ0) is 14.6. The normalized spacial score (nSPS) is 13.8. The van der Waals surface area contributed by atoms with Crippen molar-refractivity contribution >= 4 is 5.78 Å². The Hall–Kier alpha value is -1.93. The number of carbonyl (C=O) groups excluding carboxylic acids is 1. The number of hydrogen-bond donors (Lipinski definition) is 0. The summed E-state index contributed by atoms with van der Waals surface area (Å²) in [5.41, 5.74) is 2.39. The molecule has 0 aliphatic heterocycles. The molecule has 20 heavy (non-hydrogen) atoms. The molecule has 0 radical (unpaired) electrons. The monoisotopic (exact) mass is 268 g/mol. The zero-order valence-electron chi connectivity index (χ0n) is 12.2. The van der Waals surface area contributed by atoms with Crippen LogP contribution in [-0.4, -0.2) is 12.9 Å². The lowest BCUT2D eigenvalue weighted by molar-refractivity contribution is -0.140. The molecule has 0 amide bonds. The number of carbonyl (C=O) groups is 1. The van der Waals surface area contributed by atoms with Crippen LogP contribution in [0.3, 0.4) is 0 Å². The minimum absolute atomic E-state index is 0.0370. The van der Waals surface area contributed by atoms with Crippen molar-refractivity contribution in [2.75, 3.05) is 7.11 Å². The van der Waals surface area contributed by atoms with Crippen molar-refractivity contribution in [2.24, 2.45) is 0 Å². The number of Topliss-reactive ketones (excluding diaryl/α,β-unsaturated/α-hetero) is 1. The van der Waals surface area contributed by atoms with E-state index in [0.29, 0.717) is 6.42 Å². The van der Waals surface area contributed by atoms with E-state index in [4.69, 9.17) is 4.74 Å². The second-order valence-electron chi connectivity index (χ2n) is 4.88. The van der Waals surface area contributed by atoms with Gasteiger partial charge in [-0.25, -0.2) is 0 Å². The molecule has 104 valence electrons. The molecule has 0 saturated carbocycles. The Morgan fingerprint density at radius 1 is 1.00 bits per heavy atom. The Morgan fingerprint density at radius 3 is 2.00 bits per heavy atom. The highest BCUT2D eigenvalue weighted by atomic mass is 16.5. The van der Waals surface area contributed by atoms with Crippen LogP contribution in [0.5, 0.6) is 0 Å². The maximum atomic E-state index is 12.0. The summed E-state index contributed by atoms with van der Waals surface area (Å²) in [4.78, 5) is 12.0. The molecule has 0 spiro atoms. The lowest BCUT2D eigenvalue weighted by Crippen LogP contribution is -2.35. The lowest BCUT2D eigenvalue weighted by Gasteiger charge is -2.29. The van der Waals surface area contributed by atoms with Crippen molar-refractivity contribution in [3.8, 4) is 11.1 Å². The summed E-state index contributed by atoms with van der Waals surface area (Å²) in [7, 11) is 1.59. The standard InChI is InChI=1S/C18H20O2/c1-4-18(20-3,14(2)19)17-12-10-16(11-13-17)15-8-6-5-7-9-15/h5-13H,4H2,1-3H3. The molecule has 2 heteroatoms. The first-order valence-electron chi connectivity index (χ1n) is 6.86. The summed E-state index contributed by atoms with van der Waals surface area (Å²) >= 11 is 0. The molecule has 0 N–H and O–H groups in total. The van der Waals surface area contributed by atoms with Crippen molar-refractivity contribution < 1.29 is 9.53 Å². The van der Waals surface area contributed by atoms with E-state index < -0.39 is 5.60 Å². The summed E-state index contributed by atoms with van der Waals surface area (Å²) in [6.45, 7) is 3.55. The van der Waals surface area contributed by atoms with E-state index in [1.165, 1.54) is 5.56 Å². The van der Waals surface area contributed by atoms with Gasteiger partial charge in [0.15, 0.2) is 11.4 Å². The average Bonchev–Trinajstić information content (AvgIpc) is 2.50. The highest BCUT2D eigenvalue weighted by Gasteiger charge is 2.35. The summed E-state index contributed by atoms with van der Waals surface area (Å²) in [6, 6.07) is 18.2. The van der Waals surface area contributed by atoms with Crippen molar-refractivity contribution in [1.82, 2.24) is 0 Å². The van der Waals surface area contributed by atoms with Gasteiger partial charge in [0.05, 0.1) is 0 Å². The molecule has 0 fully saturated rings. The minimum Gasteiger partial charge on any atom is -0.366 e. The van der Waals surface area contributed by atoms with Crippen LogP contribution in [0.2, 0.25) is 0 Å². The minimum atomic E-state index is -0.824. The first-order valence-corrected chi connectivity index (χ1v) is 6.86. The van der Waals surface area contributed by atoms with Gasteiger partial charge in [0, 0.05) is 7.11 Å². The van der Waals surface area contributed by atoms with Crippen molar-refractivity contribution in [1.29, 1.82) is 0 Å². The van der Waals surface area contributed by atoms with Gasteiger partial charge < -0.3 is 4.74 Å². The molecular weight excluding hydrogens is 248 g/mol. The second-order valence-corrected chi connectivity index (χ2v) is 4.88. The third-order valence-corrected chi connectivity index (χ3v) is 3.87. The van der Waals surface area contributed by atoms with E-state index in [1.807, 2.05) is 49.4 Å². The molecule has 0 aromatic heterocycles. The molecule has 0 aliphatic carbocycles. The van der Waals surface area contributed by atoms with E-state index >= 15 is 0 Å². The van der Waals surface area contributed by atoms with Crippen LogP contribution in [0, 0.1) is 0 Å². The van der Waals surface area contributed by atoms with Gasteiger partial charge in [0.2, 0.25) is 0 Å². The Morgan fingerprint density at radius 2 is 1.55 bits per heavy atom. The van der Waals surface area contributed by atoms with Gasteiger partial charge in [0.25, 0.3) is 0 Å². The van der Waals surface area contributed by atoms with E-state index in [9.17, 15) is 4.79 Å². The van der Waals surface area contributed by atoms with Gasteiger partial charge in [-0.15, -0.1) is 0 Å². The Labute approximate surface area is 120 Å². The maximum Gasteiger partial charge on any atom is 0.166 e. The third-order valence-electron chi connectivity index (χ3n) is 3.87. The van der Waals surface area contributed by atoms with Crippen LogP contribution >= 0.6 is 0 Å². The van der Waals surface area contributed by atoms with Crippen molar-refractivity contribution in [3.63, 3.8) is 0 Å². The average molecular weight is 268 g/mol. The SMILES string of the molecule is CCC(OC)(C(C)=O)c1ccc(-c2ccccc2)cc1. The number of rotatable bonds is 5. The number of hydrogen-bond acceptors (Lipinski definition) is 2. The topological polar surface area (TPSA) is 26.3 Å². The smallest absolute Gasteiger partial charge is 0.166 e. The molecule has 0 aliphatic rings. The number of benzene rings is 2. The van der Waals surface area contributed by atoms with Crippen LogP contribution < -0.4 is 0 Å². The van der Waals surface area contributed by atoms with E-state index in [-0.39, 0.29) is 5.78 Å². The first-order chi connectivity index (χ1) is 9.64. The zero-order valence-corrected chi connectivity index (χ0v) is 12.2. The highest BCUT2D eigenvalue weighted by molar-refractivity contribution is 5.86. The fourth-order valence-corrected chi connectivity index (χ4v) is 2.62. The molecule has 2 nitrogen and oxygen atoms in total. The quantitative estimate of drug-likeness (QED) is 0.812. The van der Waals surface area contributed by atoms with E-state index in [2.05, 4.69) is 12.1 Å². The van der Waals surface area contributed by atoms with E-state index in [0.717, 1.165) is 11.1 Å². The van der Waals surface area contributed by atoms with E-state index in [1.54, 1.807) is 14.0 Å². The summed E-state index contributed by atoms with van der Waals surface area (Å²) in [6.07, 6.45) is 0.628. The molecule has 2 rings (SSSR count). The molecular formula is C18H20O2. The summed E-state index contributed by atoms with van der Waals surface area (Å²) < 4.78 is 5.53. The highest BCUT2D eigenvalue weighted by Crippen LogP contribution is 2.31. The Kier molecular flexibility index (Phi) is 4.35. The number of ether oxygens (including phenoxy) is 1. The molecule has 2 aromatic carbocycles. The van der Waals surface area contributed by atoms with Gasteiger partial charge in [-0.2, -0.15) is 0 Å². The largest absolute Gasteiger partial charge is 0.366 e. The second kappa shape index (κ2) is 6.02. The first kappa shape index (κ1) is 14.5. The predicted molar refractivity (Wildman–Crippen MR) is 81.5 cm³/mol.